The number of hydrogen-bond donors (Lipinski definition) is 0. The van der Waals surface area contributed by atoms with Crippen LogP contribution in [0.4, 0.5) is 0 Å². The zero-order chi connectivity index (χ0) is 20.8. The van der Waals surface area contributed by atoms with Crippen LogP contribution in [0.25, 0.3) is 11.6 Å². The minimum Gasteiger partial charge on any atom is -0.339 e. The highest BCUT2D eigenvalue weighted by Gasteiger charge is 2.15. The third-order valence-electron chi connectivity index (χ3n) is 5.98. The Morgan fingerprint density at radius 2 is 1.67 bits per heavy atom. The van der Waals surface area contributed by atoms with Gasteiger partial charge in [-0.05, 0) is 69.5 Å². The first-order chi connectivity index (χ1) is 14.7. The van der Waals surface area contributed by atoms with E-state index < -0.39 is 0 Å². The van der Waals surface area contributed by atoms with Crippen molar-refractivity contribution in [3.05, 3.63) is 77.1 Å². The van der Waals surface area contributed by atoms with Crippen LogP contribution in [-0.2, 0) is 4.79 Å². The van der Waals surface area contributed by atoms with Gasteiger partial charge in [0.05, 0.1) is 11.4 Å². The van der Waals surface area contributed by atoms with Crippen LogP contribution in [0.3, 0.4) is 0 Å². The highest BCUT2D eigenvalue weighted by molar-refractivity contribution is 5.91. The Morgan fingerprint density at radius 1 is 0.967 bits per heavy atom. The van der Waals surface area contributed by atoms with E-state index >= 15 is 0 Å². The summed E-state index contributed by atoms with van der Waals surface area (Å²) in [4.78, 5) is 21.6. The predicted octanol–water partition coefficient (Wildman–Crippen LogP) is 4.55. The number of pyridine rings is 1. The van der Waals surface area contributed by atoms with E-state index in [-0.39, 0.29) is 5.91 Å². The fourth-order valence-corrected chi connectivity index (χ4v) is 4.18. The number of aryl methyl sites for hydroxylation is 1. The molecular weight excluding hydrogens is 370 g/mol. The topological polar surface area (TPSA) is 36.4 Å². The second-order valence-electron chi connectivity index (χ2n) is 8.30. The van der Waals surface area contributed by atoms with E-state index in [1.54, 1.807) is 6.08 Å². The first-order valence-electron chi connectivity index (χ1n) is 11.1. The minimum absolute atomic E-state index is 0.0861. The summed E-state index contributed by atoms with van der Waals surface area (Å²) >= 11 is 0. The van der Waals surface area contributed by atoms with Gasteiger partial charge in [-0.15, -0.1) is 0 Å². The molecule has 2 aromatic rings. The Morgan fingerprint density at radius 3 is 2.40 bits per heavy atom. The van der Waals surface area contributed by atoms with Gasteiger partial charge in [-0.25, -0.2) is 4.98 Å². The van der Waals surface area contributed by atoms with E-state index in [4.69, 9.17) is 4.98 Å². The lowest BCUT2D eigenvalue weighted by molar-refractivity contribution is -0.124. The molecule has 2 fully saturated rings. The molecule has 4 heteroatoms. The van der Waals surface area contributed by atoms with E-state index in [9.17, 15) is 4.79 Å². The number of aromatic nitrogens is 1. The molecule has 1 aromatic heterocycles. The van der Waals surface area contributed by atoms with Gasteiger partial charge in [0.2, 0.25) is 5.91 Å². The number of rotatable bonds is 6. The number of amides is 1. The van der Waals surface area contributed by atoms with Crippen LogP contribution < -0.4 is 0 Å². The van der Waals surface area contributed by atoms with E-state index in [1.165, 1.54) is 37.1 Å². The molecule has 0 bridgehead atoms. The van der Waals surface area contributed by atoms with Crippen molar-refractivity contribution in [2.45, 2.75) is 32.6 Å². The van der Waals surface area contributed by atoms with Crippen LogP contribution in [0.2, 0.25) is 0 Å². The molecule has 2 aliphatic rings. The Bertz CT molecular complexity index is 918. The molecule has 1 aromatic carbocycles. The summed E-state index contributed by atoms with van der Waals surface area (Å²) in [7, 11) is 0. The van der Waals surface area contributed by atoms with Crippen LogP contribution >= 0.6 is 0 Å². The third kappa shape index (κ3) is 5.25. The standard InChI is InChI=1S/C26H31N3O/c1-21-9-11-22(12-10-21)24(15-20-28-16-2-3-17-28)25-8-6-7-23(27-25)13-14-26(30)29-18-4-5-19-29/h6-15H,2-5,16-20H2,1H3. The second kappa shape index (κ2) is 9.86. The molecule has 0 atom stereocenters. The van der Waals surface area contributed by atoms with Gasteiger partial charge in [-0.3, -0.25) is 9.69 Å². The van der Waals surface area contributed by atoms with E-state index in [2.05, 4.69) is 48.2 Å². The van der Waals surface area contributed by atoms with Gasteiger partial charge < -0.3 is 4.90 Å². The third-order valence-corrected chi connectivity index (χ3v) is 5.98. The smallest absolute Gasteiger partial charge is 0.246 e. The largest absolute Gasteiger partial charge is 0.339 e. The van der Waals surface area contributed by atoms with Crippen molar-refractivity contribution < 1.29 is 4.79 Å². The van der Waals surface area contributed by atoms with Gasteiger partial charge in [-0.2, -0.15) is 0 Å². The number of nitrogens with zero attached hydrogens (tertiary/aromatic N) is 3. The first-order valence-corrected chi connectivity index (χ1v) is 11.1. The highest BCUT2D eigenvalue weighted by atomic mass is 16.2. The average molecular weight is 402 g/mol. The predicted molar refractivity (Wildman–Crippen MR) is 123 cm³/mol. The van der Waals surface area contributed by atoms with E-state index in [1.807, 2.05) is 23.1 Å². The lowest BCUT2D eigenvalue weighted by Crippen LogP contribution is -2.25. The summed E-state index contributed by atoms with van der Waals surface area (Å²) in [5.74, 6) is 0.0861. The number of carbonyl (C=O) groups is 1. The lowest BCUT2D eigenvalue weighted by atomic mass is 10.00. The molecule has 0 radical (unpaired) electrons. The number of benzene rings is 1. The quantitative estimate of drug-likeness (QED) is 0.666. The number of likely N-dealkylation sites (tertiary alicyclic amines) is 2. The van der Waals surface area contributed by atoms with Gasteiger partial charge in [0.25, 0.3) is 0 Å². The van der Waals surface area contributed by atoms with Crippen molar-refractivity contribution in [2.75, 3.05) is 32.7 Å². The fourth-order valence-electron chi connectivity index (χ4n) is 4.18. The Balaban J connectivity index is 1.58. The summed E-state index contributed by atoms with van der Waals surface area (Å²) in [6.07, 6.45) is 10.6. The van der Waals surface area contributed by atoms with Crippen molar-refractivity contribution in [2.24, 2.45) is 0 Å². The molecule has 1 amide bonds. The van der Waals surface area contributed by atoms with Crippen LogP contribution in [0.5, 0.6) is 0 Å². The molecule has 0 unspecified atom stereocenters. The molecule has 30 heavy (non-hydrogen) atoms. The maximum atomic E-state index is 12.3. The van der Waals surface area contributed by atoms with Gasteiger partial charge >= 0.3 is 0 Å². The molecular formula is C26H31N3O. The molecule has 0 N–H and O–H groups in total. The first kappa shape index (κ1) is 20.5. The minimum atomic E-state index is 0.0861. The van der Waals surface area contributed by atoms with Gasteiger partial charge in [0.15, 0.2) is 0 Å². The van der Waals surface area contributed by atoms with Crippen LogP contribution in [0.1, 0.15) is 48.2 Å². The number of hydrogen-bond acceptors (Lipinski definition) is 3. The molecule has 3 heterocycles. The average Bonchev–Trinajstić information content (AvgIpc) is 3.48. The molecule has 4 rings (SSSR count). The molecule has 156 valence electrons. The summed E-state index contributed by atoms with van der Waals surface area (Å²) < 4.78 is 0. The van der Waals surface area contributed by atoms with Crippen LogP contribution in [0.15, 0.2) is 54.6 Å². The Labute approximate surface area is 179 Å². The molecule has 2 saturated heterocycles. The fraction of sp³-hybridized carbons (Fsp3) is 0.385. The van der Waals surface area contributed by atoms with Crippen molar-refractivity contribution in [1.29, 1.82) is 0 Å². The SMILES string of the molecule is Cc1ccc(C(=CCN2CCCC2)c2cccc(C=CC(=O)N3CCCC3)n2)cc1. The monoisotopic (exact) mass is 401 g/mol. The van der Waals surface area contributed by atoms with Gasteiger partial charge in [0.1, 0.15) is 0 Å². The number of carbonyl (C=O) groups excluding carboxylic acids is 1. The summed E-state index contributed by atoms with van der Waals surface area (Å²) in [5.41, 5.74) is 5.36. The van der Waals surface area contributed by atoms with E-state index in [0.29, 0.717) is 0 Å². The van der Waals surface area contributed by atoms with E-state index in [0.717, 1.165) is 49.4 Å². The summed E-state index contributed by atoms with van der Waals surface area (Å²) in [5, 5.41) is 0. The molecule has 0 saturated carbocycles. The van der Waals surface area contributed by atoms with Gasteiger partial charge in [0, 0.05) is 31.3 Å². The Hall–Kier alpha value is -2.72. The zero-order valence-electron chi connectivity index (χ0n) is 17.9. The maximum Gasteiger partial charge on any atom is 0.246 e. The van der Waals surface area contributed by atoms with Crippen LogP contribution in [0, 0.1) is 6.92 Å². The van der Waals surface area contributed by atoms with Crippen molar-refractivity contribution in [3.63, 3.8) is 0 Å². The zero-order valence-corrected chi connectivity index (χ0v) is 17.9. The summed E-state index contributed by atoms with van der Waals surface area (Å²) in [6.45, 7) is 7.14. The van der Waals surface area contributed by atoms with Crippen molar-refractivity contribution in [1.82, 2.24) is 14.8 Å². The van der Waals surface area contributed by atoms with Crippen molar-refractivity contribution in [3.8, 4) is 0 Å². The molecule has 0 spiro atoms. The lowest BCUT2D eigenvalue weighted by Gasteiger charge is -2.14. The Kier molecular flexibility index (Phi) is 6.75. The second-order valence-corrected chi connectivity index (χ2v) is 8.30. The van der Waals surface area contributed by atoms with Crippen molar-refractivity contribution >= 4 is 17.6 Å². The van der Waals surface area contributed by atoms with Crippen LogP contribution in [-0.4, -0.2) is 53.4 Å². The molecule has 2 aliphatic heterocycles. The maximum absolute atomic E-state index is 12.3. The highest BCUT2D eigenvalue weighted by Crippen LogP contribution is 2.23. The molecule has 0 aliphatic carbocycles. The molecule has 4 nitrogen and oxygen atoms in total. The van der Waals surface area contributed by atoms with Gasteiger partial charge in [-0.1, -0.05) is 42.0 Å². The summed E-state index contributed by atoms with van der Waals surface area (Å²) in [6, 6.07) is 14.7. The normalized spacial score (nSPS) is 17.9.